The molecule has 112 valence electrons. The van der Waals surface area contributed by atoms with Gasteiger partial charge in [-0.1, -0.05) is 0 Å². The molecule has 0 aliphatic carbocycles. The minimum Gasteiger partial charge on any atom is -0.481 e. The van der Waals surface area contributed by atoms with Gasteiger partial charge in [0, 0.05) is 13.6 Å². The maximum Gasteiger partial charge on any atom is 0.272 e. The van der Waals surface area contributed by atoms with Gasteiger partial charge in [0.25, 0.3) is 5.91 Å². The van der Waals surface area contributed by atoms with Crippen molar-refractivity contribution in [3.63, 3.8) is 0 Å². The van der Waals surface area contributed by atoms with Crippen LogP contribution in [0.4, 0.5) is 0 Å². The summed E-state index contributed by atoms with van der Waals surface area (Å²) in [5.74, 6) is 0.696. The van der Waals surface area contributed by atoms with Gasteiger partial charge in [-0.15, -0.1) is 0 Å². The van der Waals surface area contributed by atoms with E-state index in [1.165, 1.54) is 6.33 Å². The number of nitrogens with one attached hydrogen (secondary N) is 1. The van der Waals surface area contributed by atoms with E-state index in [1.54, 1.807) is 18.0 Å². The predicted octanol–water partition coefficient (Wildman–Crippen LogP) is 1.44. The summed E-state index contributed by atoms with van der Waals surface area (Å²) in [6, 6.07) is 0.00412. The zero-order chi connectivity index (χ0) is 15.0. The Balaban J connectivity index is 1.96. The molecule has 1 atom stereocenters. The molecule has 0 aromatic carbocycles. The first-order valence-corrected chi connectivity index (χ1v) is 7.00. The third kappa shape index (κ3) is 2.18. The molecule has 3 rings (SSSR count). The van der Waals surface area contributed by atoms with Crippen LogP contribution in [0.3, 0.4) is 0 Å². The van der Waals surface area contributed by atoms with Crippen LogP contribution >= 0.6 is 0 Å². The van der Waals surface area contributed by atoms with Crippen LogP contribution in [0, 0.1) is 6.92 Å². The second-order valence-electron chi connectivity index (χ2n) is 5.25. The topological polar surface area (TPSA) is 76.0 Å². The number of methoxy groups -OCH3 is 1. The SMILES string of the molecule is COc1c(C2CCCN2C(=O)c2cnc[nH]2)c(C)nn1C. The van der Waals surface area contributed by atoms with Crippen molar-refractivity contribution in [3.05, 3.63) is 29.5 Å². The fourth-order valence-electron chi connectivity index (χ4n) is 3.12. The third-order valence-electron chi connectivity index (χ3n) is 3.98. The molecule has 0 bridgehead atoms. The molecule has 7 nitrogen and oxygen atoms in total. The molecule has 0 saturated carbocycles. The first-order valence-electron chi connectivity index (χ1n) is 7.00. The molecule has 7 heteroatoms. The average Bonchev–Trinajstić information content (AvgIpc) is 3.16. The first-order chi connectivity index (χ1) is 10.1. The zero-order valence-electron chi connectivity index (χ0n) is 12.5. The lowest BCUT2D eigenvalue weighted by Gasteiger charge is -2.24. The van der Waals surface area contributed by atoms with Crippen LogP contribution in [-0.2, 0) is 7.05 Å². The Morgan fingerprint density at radius 2 is 2.33 bits per heavy atom. The molecule has 2 aromatic heterocycles. The van der Waals surface area contributed by atoms with E-state index in [0.717, 1.165) is 36.5 Å². The Hall–Kier alpha value is -2.31. The van der Waals surface area contributed by atoms with Crippen molar-refractivity contribution in [3.8, 4) is 5.88 Å². The Kier molecular flexibility index (Phi) is 3.40. The monoisotopic (exact) mass is 289 g/mol. The van der Waals surface area contributed by atoms with Crippen molar-refractivity contribution in [2.75, 3.05) is 13.7 Å². The first kappa shape index (κ1) is 13.7. The zero-order valence-corrected chi connectivity index (χ0v) is 12.5. The highest BCUT2D eigenvalue weighted by Crippen LogP contribution is 2.39. The van der Waals surface area contributed by atoms with Gasteiger partial charge in [-0.05, 0) is 19.8 Å². The normalized spacial score (nSPS) is 18.2. The van der Waals surface area contributed by atoms with E-state index in [-0.39, 0.29) is 11.9 Å². The highest BCUT2D eigenvalue weighted by atomic mass is 16.5. The summed E-state index contributed by atoms with van der Waals surface area (Å²) in [6.45, 7) is 2.69. The van der Waals surface area contributed by atoms with Gasteiger partial charge in [0.2, 0.25) is 5.88 Å². The molecule has 21 heavy (non-hydrogen) atoms. The molecule has 1 aliphatic heterocycles. The van der Waals surface area contributed by atoms with Gasteiger partial charge in [0.05, 0.1) is 36.9 Å². The lowest BCUT2D eigenvalue weighted by molar-refractivity contribution is 0.0728. The Labute approximate surface area is 122 Å². The minimum absolute atomic E-state index is 0.00412. The highest BCUT2D eigenvalue weighted by molar-refractivity contribution is 5.92. The van der Waals surface area contributed by atoms with Crippen molar-refractivity contribution in [1.82, 2.24) is 24.6 Å². The van der Waals surface area contributed by atoms with Crippen molar-refractivity contribution in [1.29, 1.82) is 0 Å². The molecule has 0 radical (unpaired) electrons. The fraction of sp³-hybridized carbons (Fsp3) is 0.500. The summed E-state index contributed by atoms with van der Waals surface area (Å²) in [5.41, 5.74) is 2.43. The number of hydrogen-bond donors (Lipinski definition) is 1. The predicted molar refractivity (Wildman–Crippen MR) is 76.1 cm³/mol. The van der Waals surface area contributed by atoms with Crippen LogP contribution < -0.4 is 4.74 Å². The Morgan fingerprint density at radius 3 is 3.00 bits per heavy atom. The second-order valence-corrected chi connectivity index (χ2v) is 5.25. The highest BCUT2D eigenvalue weighted by Gasteiger charge is 2.35. The summed E-state index contributed by atoms with van der Waals surface area (Å²) >= 11 is 0. The molecule has 1 unspecified atom stereocenters. The van der Waals surface area contributed by atoms with Crippen LogP contribution in [0.2, 0.25) is 0 Å². The smallest absolute Gasteiger partial charge is 0.272 e. The van der Waals surface area contributed by atoms with E-state index in [2.05, 4.69) is 15.1 Å². The van der Waals surface area contributed by atoms with Crippen LogP contribution in [0.5, 0.6) is 5.88 Å². The number of H-pyrrole nitrogens is 1. The van der Waals surface area contributed by atoms with Crippen LogP contribution in [0.25, 0.3) is 0 Å². The van der Waals surface area contributed by atoms with Crippen molar-refractivity contribution >= 4 is 5.91 Å². The molecule has 3 heterocycles. The Morgan fingerprint density at radius 1 is 1.52 bits per heavy atom. The van der Waals surface area contributed by atoms with Crippen molar-refractivity contribution < 1.29 is 9.53 Å². The van der Waals surface area contributed by atoms with Gasteiger partial charge in [-0.2, -0.15) is 5.10 Å². The number of hydrogen-bond acceptors (Lipinski definition) is 4. The fourth-order valence-corrected chi connectivity index (χ4v) is 3.12. The van der Waals surface area contributed by atoms with Crippen molar-refractivity contribution in [2.45, 2.75) is 25.8 Å². The standard InChI is InChI=1S/C14H19N5O2/c1-9-12(14(21-3)18(2)17-9)11-5-4-6-19(11)13(20)10-7-15-8-16-10/h7-8,11H,4-6H2,1-3H3,(H,15,16). The number of amides is 1. The second kappa shape index (κ2) is 5.23. The maximum absolute atomic E-state index is 12.6. The van der Waals surface area contributed by atoms with E-state index in [4.69, 9.17) is 4.74 Å². The lowest BCUT2D eigenvalue weighted by atomic mass is 10.0. The van der Waals surface area contributed by atoms with Gasteiger partial charge in [-0.3, -0.25) is 4.79 Å². The number of likely N-dealkylation sites (tertiary alicyclic amines) is 1. The largest absolute Gasteiger partial charge is 0.481 e. The van der Waals surface area contributed by atoms with E-state index in [1.807, 2.05) is 18.9 Å². The number of rotatable bonds is 3. The van der Waals surface area contributed by atoms with E-state index in [0.29, 0.717) is 5.69 Å². The van der Waals surface area contributed by atoms with Crippen LogP contribution in [0.1, 0.15) is 40.6 Å². The van der Waals surface area contributed by atoms with E-state index >= 15 is 0 Å². The number of imidazole rings is 1. The Bertz CT molecular complexity index is 647. The average molecular weight is 289 g/mol. The quantitative estimate of drug-likeness (QED) is 0.927. The molecule has 1 amide bonds. The third-order valence-corrected chi connectivity index (χ3v) is 3.98. The van der Waals surface area contributed by atoms with Crippen LogP contribution in [-0.4, -0.2) is 44.2 Å². The number of carbonyl (C=O) groups is 1. The number of ether oxygens (including phenoxy) is 1. The summed E-state index contributed by atoms with van der Waals surface area (Å²) in [4.78, 5) is 21.3. The van der Waals surface area contributed by atoms with Gasteiger partial charge >= 0.3 is 0 Å². The summed E-state index contributed by atoms with van der Waals surface area (Å²) in [7, 11) is 3.49. The van der Waals surface area contributed by atoms with Gasteiger partial charge < -0.3 is 14.6 Å². The van der Waals surface area contributed by atoms with Crippen LogP contribution in [0.15, 0.2) is 12.5 Å². The van der Waals surface area contributed by atoms with Gasteiger partial charge in [0.15, 0.2) is 0 Å². The van der Waals surface area contributed by atoms with E-state index in [9.17, 15) is 4.79 Å². The van der Waals surface area contributed by atoms with Gasteiger partial charge in [0.1, 0.15) is 5.69 Å². The van der Waals surface area contributed by atoms with Gasteiger partial charge in [-0.25, -0.2) is 9.67 Å². The number of aromatic amines is 1. The van der Waals surface area contributed by atoms with E-state index < -0.39 is 0 Å². The molecule has 2 aromatic rings. The molecule has 1 aliphatic rings. The summed E-state index contributed by atoms with van der Waals surface area (Å²) in [5, 5.41) is 4.42. The minimum atomic E-state index is -0.0275. The lowest BCUT2D eigenvalue weighted by Crippen LogP contribution is -2.31. The summed E-state index contributed by atoms with van der Waals surface area (Å²) in [6.07, 6.45) is 4.98. The molecule has 1 N–H and O–H groups in total. The number of carbonyl (C=O) groups excluding carboxylic acids is 1. The maximum atomic E-state index is 12.6. The number of nitrogens with zero attached hydrogens (tertiary/aromatic N) is 4. The molecule has 1 saturated heterocycles. The number of aromatic nitrogens is 4. The molecule has 1 fully saturated rings. The number of aryl methyl sites for hydroxylation is 2. The van der Waals surface area contributed by atoms with Crippen molar-refractivity contribution in [2.24, 2.45) is 7.05 Å². The summed E-state index contributed by atoms with van der Waals surface area (Å²) < 4.78 is 7.19. The molecular formula is C14H19N5O2. The molecular weight excluding hydrogens is 270 g/mol. The molecule has 0 spiro atoms.